The topological polar surface area (TPSA) is 37.4 Å². The number of sulfonamides is 1. The van der Waals surface area contributed by atoms with Gasteiger partial charge in [0.05, 0.1) is 4.90 Å². The van der Waals surface area contributed by atoms with Crippen molar-refractivity contribution in [1.82, 2.24) is 4.31 Å². The number of hydrogen-bond acceptors (Lipinski definition) is 2. The number of rotatable bonds is 4. The van der Waals surface area contributed by atoms with Gasteiger partial charge in [-0.2, -0.15) is 4.31 Å². The molecule has 1 aromatic rings. The van der Waals surface area contributed by atoms with Crippen LogP contribution in [0.5, 0.6) is 0 Å². The fourth-order valence-electron chi connectivity index (χ4n) is 2.61. The minimum atomic E-state index is -3.35. The minimum absolute atomic E-state index is 0.384. The van der Waals surface area contributed by atoms with Crippen LogP contribution in [0.3, 0.4) is 0 Å². The molecule has 1 saturated heterocycles. The third kappa shape index (κ3) is 3.20. The van der Waals surface area contributed by atoms with Gasteiger partial charge in [0.15, 0.2) is 0 Å². The zero-order valence-electron chi connectivity index (χ0n) is 11.4. The zero-order valence-corrected chi connectivity index (χ0v) is 13.8. The molecule has 106 valence electrons. The van der Waals surface area contributed by atoms with Crippen LogP contribution in [0.1, 0.15) is 31.7 Å². The van der Waals surface area contributed by atoms with Gasteiger partial charge in [0.1, 0.15) is 0 Å². The molecule has 2 rings (SSSR count). The van der Waals surface area contributed by atoms with Crippen molar-refractivity contribution in [1.29, 1.82) is 0 Å². The normalized spacial score (nSPS) is 20.9. The Kier molecular flexibility index (Phi) is 4.69. The molecule has 0 amide bonds. The Balaban J connectivity index is 2.23. The van der Waals surface area contributed by atoms with E-state index in [1.807, 2.05) is 19.1 Å². The Morgan fingerprint density at radius 2 is 2.16 bits per heavy atom. The quantitative estimate of drug-likeness (QED) is 0.836. The van der Waals surface area contributed by atoms with Crippen LogP contribution >= 0.6 is 15.9 Å². The first-order chi connectivity index (χ1) is 8.95. The summed E-state index contributed by atoms with van der Waals surface area (Å²) in [6, 6.07) is 5.39. The summed E-state index contributed by atoms with van der Waals surface area (Å²) in [7, 11) is -3.35. The average Bonchev–Trinajstić information content (AvgIpc) is 2.78. The van der Waals surface area contributed by atoms with E-state index in [0.717, 1.165) is 24.8 Å². The number of aryl methyl sites for hydroxylation is 1. The summed E-state index contributed by atoms with van der Waals surface area (Å²) in [5, 5.41) is 0. The summed E-state index contributed by atoms with van der Waals surface area (Å²) >= 11 is 3.37. The van der Waals surface area contributed by atoms with Gasteiger partial charge in [-0.25, -0.2) is 8.42 Å². The van der Waals surface area contributed by atoms with E-state index in [4.69, 9.17) is 0 Å². The minimum Gasteiger partial charge on any atom is -0.207 e. The fourth-order valence-corrected chi connectivity index (χ4v) is 5.30. The lowest BCUT2D eigenvalue weighted by Gasteiger charge is -2.17. The third-order valence-electron chi connectivity index (χ3n) is 3.65. The van der Waals surface area contributed by atoms with Gasteiger partial charge in [0.2, 0.25) is 10.0 Å². The molecule has 1 aliphatic heterocycles. The predicted octanol–water partition coefficient (Wildman–Crippen LogP) is 3.57. The highest BCUT2D eigenvalue weighted by atomic mass is 79.9. The van der Waals surface area contributed by atoms with Crippen LogP contribution in [-0.4, -0.2) is 25.8 Å². The third-order valence-corrected chi connectivity index (χ3v) is 6.49. The van der Waals surface area contributed by atoms with Crippen LogP contribution in [0.15, 0.2) is 27.6 Å². The first kappa shape index (κ1) is 15.0. The van der Waals surface area contributed by atoms with Crippen LogP contribution < -0.4 is 0 Å². The first-order valence-electron chi connectivity index (χ1n) is 6.71. The molecule has 1 heterocycles. The summed E-state index contributed by atoms with van der Waals surface area (Å²) in [6.07, 6.45) is 3.21. The Morgan fingerprint density at radius 3 is 2.79 bits per heavy atom. The van der Waals surface area contributed by atoms with Gasteiger partial charge >= 0.3 is 0 Å². The number of benzene rings is 1. The van der Waals surface area contributed by atoms with Gasteiger partial charge in [0.25, 0.3) is 0 Å². The summed E-state index contributed by atoms with van der Waals surface area (Å²) in [5.74, 6) is 0.518. The van der Waals surface area contributed by atoms with Crippen molar-refractivity contribution < 1.29 is 8.42 Å². The van der Waals surface area contributed by atoms with Crippen molar-refractivity contribution >= 4 is 26.0 Å². The Bertz CT molecular complexity index is 557. The monoisotopic (exact) mass is 345 g/mol. The maximum Gasteiger partial charge on any atom is 0.244 e. The maximum atomic E-state index is 12.6. The van der Waals surface area contributed by atoms with E-state index in [0.29, 0.717) is 28.4 Å². The molecular weight excluding hydrogens is 326 g/mol. The van der Waals surface area contributed by atoms with E-state index in [1.165, 1.54) is 0 Å². The van der Waals surface area contributed by atoms with Crippen molar-refractivity contribution in [2.45, 2.75) is 38.0 Å². The van der Waals surface area contributed by atoms with Crippen molar-refractivity contribution in [3.05, 3.63) is 28.2 Å². The standard InChI is InChI=1S/C14H20BrNO2S/c1-3-4-12-7-8-16(10-12)19(17,18)14-6-5-11(2)9-13(14)15/h5-6,9,12H,3-4,7-8,10H2,1-2H3. The van der Waals surface area contributed by atoms with Gasteiger partial charge in [-0.15, -0.1) is 0 Å². The molecule has 5 heteroatoms. The van der Waals surface area contributed by atoms with Crippen LogP contribution in [0.25, 0.3) is 0 Å². The van der Waals surface area contributed by atoms with Crippen molar-refractivity contribution in [2.24, 2.45) is 5.92 Å². The Hall–Kier alpha value is -0.390. The lowest BCUT2D eigenvalue weighted by Crippen LogP contribution is -2.29. The average molecular weight is 346 g/mol. The predicted molar refractivity (Wildman–Crippen MR) is 80.7 cm³/mol. The van der Waals surface area contributed by atoms with Gasteiger partial charge in [-0.3, -0.25) is 0 Å². The van der Waals surface area contributed by atoms with E-state index in [2.05, 4.69) is 22.9 Å². The second-order valence-corrected chi connectivity index (χ2v) is 8.00. The molecule has 0 saturated carbocycles. The number of halogens is 1. The van der Waals surface area contributed by atoms with E-state index in [9.17, 15) is 8.42 Å². The van der Waals surface area contributed by atoms with E-state index < -0.39 is 10.0 Å². The van der Waals surface area contributed by atoms with E-state index in [-0.39, 0.29) is 0 Å². The number of hydrogen-bond donors (Lipinski definition) is 0. The van der Waals surface area contributed by atoms with Gasteiger partial charge in [-0.1, -0.05) is 19.4 Å². The van der Waals surface area contributed by atoms with Crippen molar-refractivity contribution in [2.75, 3.05) is 13.1 Å². The van der Waals surface area contributed by atoms with Crippen molar-refractivity contribution in [3.63, 3.8) is 0 Å². The largest absolute Gasteiger partial charge is 0.244 e. The Labute approximate surface area is 124 Å². The van der Waals surface area contributed by atoms with Gasteiger partial charge < -0.3 is 0 Å². The summed E-state index contributed by atoms with van der Waals surface area (Å²) in [6.45, 7) is 5.41. The summed E-state index contributed by atoms with van der Waals surface area (Å²) < 4.78 is 27.5. The maximum absolute atomic E-state index is 12.6. The smallest absolute Gasteiger partial charge is 0.207 e. The van der Waals surface area contributed by atoms with Crippen molar-refractivity contribution in [3.8, 4) is 0 Å². The zero-order chi connectivity index (χ0) is 14.0. The Morgan fingerprint density at radius 1 is 1.42 bits per heavy atom. The second kappa shape index (κ2) is 5.94. The highest BCUT2D eigenvalue weighted by molar-refractivity contribution is 9.10. The molecule has 0 bridgehead atoms. The fraction of sp³-hybridized carbons (Fsp3) is 0.571. The first-order valence-corrected chi connectivity index (χ1v) is 8.94. The van der Waals surface area contributed by atoms with Crippen LogP contribution in [-0.2, 0) is 10.0 Å². The summed E-state index contributed by atoms with van der Waals surface area (Å²) in [4.78, 5) is 0.384. The van der Waals surface area contributed by atoms with E-state index in [1.54, 1.807) is 10.4 Å². The van der Waals surface area contributed by atoms with Gasteiger partial charge in [0, 0.05) is 17.6 Å². The lowest BCUT2D eigenvalue weighted by molar-refractivity contribution is 0.444. The van der Waals surface area contributed by atoms with Crippen LogP contribution in [0.4, 0.5) is 0 Å². The molecule has 3 nitrogen and oxygen atoms in total. The highest BCUT2D eigenvalue weighted by Crippen LogP contribution is 2.30. The lowest BCUT2D eigenvalue weighted by atomic mass is 10.0. The van der Waals surface area contributed by atoms with Gasteiger partial charge in [-0.05, 0) is 59.3 Å². The molecule has 0 aromatic heterocycles. The summed E-state index contributed by atoms with van der Waals surface area (Å²) in [5.41, 5.74) is 1.05. The molecule has 0 aliphatic carbocycles. The SMILES string of the molecule is CCCC1CCN(S(=O)(=O)c2ccc(C)cc2Br)C1. The molecule has 0 radical (unpaired) electrons. The molecule has 1 aliphatic rings. The molecule has 19 heavy (non-hydrogen) atoms. The van der Waals surface area contributed by atoms with E-state index >= 15 is 0 Å². The second-order valence-electron chi connectivity index (χ2n) is 5.24. The molecule has 1 atom stereocenters. The molecule has 1 unspecified atom stereocenters. The molecule has 1 fully saturated rings. The molecule has 0 spiro atoms. The molecular formula is C14H20BrNO2S. The number of nitrogens with zero attached hydrogens (tertiary/aromatic N) is 1. The highest BCUT2D eigenvalue weighted by Gasteiger charge is 2.33. The van der Waals surface area contributed by atoms with Crippen LogP contribution in [0, 0.1) is 12.8 Å². The molecule has 1 aromatic carbocycles. The molecule has 0 N–H and O–H groups in total. The van der Waals surface area contributed by atoms with Crippen LogP contribution in [0.2, 0.25) is 0 Å².